The average Bonchev–Trinajstić information content (AvgIpc) is 3.19. The van der Waals surface area contributed by atoms with Crippen LogP contribution in [-0.4, -0.2) is 29.8 Å². The maximum Gasteiger partial charge on any atom is 0.225 e. The molecule has 138 valence electrons. The number of benzene rings is 1. The van der Waals surface area contributed by atoms with E-state index in [1.54, 1.807) is 24.2 Å². The quantitative estimate of drug-likeness (QED) is 0.897. The van der Waals surface area contributed by atoms with Crippen LogP contribution in [0.3, 0.4) is 0 Å². The van der Waals surface area contributed by atoms with E-state index in [0.29, 0.717) is 19.6 Å². The van der Waals surface area contributed by atoms with Gasteiger partial charge in [-0.15, -0.1) is 0 Å². The van der Waals surface area contributed by atoms with Crippen LogP contribution in [0.5, 0.6) is 0 Å². The maximum atomic E-state index is 12.6. The van der Waals surface area contributed by atoms with Crippen molar-refractivity contribution in [2.45, 2.75) is 39.2 Å². The summed E-state index contributed by atoms with van der Waals surface area (Å²) in [6.07, 6.45) is 3.34. The molecule has 1 aliphatic heterocycles. The zero-order valence-electron chi connectivity index (χ0n) is 15.4. The number of aryl methyl sites for hydroxylation is 1. The number of carbonyl (C=O) groups is 2. The molecule has 2 unspecified atom stereocenters. The maximum absolute atomic E-state index is 12.6. The molecule has 1 N–H and O–H groups in total. The van der Waals surface area contributed by atoms with E-state index in [9.17, 15) is 9.59 Å². The van der Waals surface area contributed by atoms with Crippen LogP contribution in [0.15, 0.2) is 47.1 Å². The lowest BCUT2D eigenvalue weighted by Gasteiger charge is -2.37. The van der Waals surface area contributed by atoms with Crippen LogP contribution in [0.2, 0.25) is 0 Å². The van der Waals surface area contributed by atoms with E-state index < -0.39 is 0 Å². The summed E-state index contributed by atoms with van der Waals surface area (Å²) in [6, 6.07) is 12.2. The number of amides is 2. The first-order valence-corrected chi connectivity index (χ1v) is 9.21. The molecule has 2 aromatic rings. The molecular weight excluding hydrogens is 328 g/mol. The molecule has 1 fully saturated rings. The van der Waals surface area contributed by atoms with Crippen molar-refractivity contribution in [2.24, 2.45) is 5.92 Å². The van der Waals surface area contributed by atoms with Gasteiger partial charge in [-0.25, -0.2) is 0 Å². The van der Waals surface area contributed by atoms with Gasteiger partial charge in [0.25, 0.3) is 0 Å². The molecule has 3 rings (SSSR count). The fraction of sp³-hybridized carbons (Fsp3) is 0.429. The Morgan fingerprint density at radius 2 is 1.96 bits per heavy atom. The Labute approximate surface area is 154 Å². The van der Waals surface area contributed by atoms with Gasteiger partial charge in [-0.2, -0.15) is 0 Å². The molecule has 2 amide bonds. The predicted molar refractivity (Wildman–Crippen MR) is 99.5 cm³/mol. The standard InChI is InChI=1S/C21H26N2O3/c1-3-16-6-8-17(9-7-16)18-11-19(14-23(13-18)15(2)24)21(25)22-12-20-5-4-10-26-20/h4-10,18-19H,3,11-14H2,1-2H3,(H,22,25). The fourth-order valence-corrected chi connectivity index (χ4v) is 3.54. The number of piperidine rings is 1. The Hall–Kier alpha value is -2.56. The minimum atomic E-state index is -0.210. The number of rotatable bonds is 5. The molecule has 2 atom stereocenters. The second-order valence-corrected chi connectivity index (χ2v) is 6.95. The fourth-order valence-electron chi connectivity index (χ4n) is 3.54. The van der Waals surface area contributed by atoms with E-state index in [1.165, 1.54) is 11.1 Å². The lowest BCUT2D eigenvalue weighted by Crippen LogP contribution is -2.47. The minimum Gasteiger partial charge on any atom is -0.467 e. The summed E-state index contributed by atoms with van der Waals surface area (Å²) in [6.45, 7) is 5.22. The van der Waals surface area contributed by atoms with Gasteiger partial charge < -0.3 is 14.6 Å². The van der Waals surface area contributed by atoms with E-state index in [-0.39, 0.29) is 23.7 Å². The van der Waals surface area contributed by atoms with Gasteiger partial charge in [-0.05, 0) is 36.1 Å². The molecule has 26 heavy (non-hydrogen) atoms. The zero-order chi connectivity index (χ0) is 18.5. The summed E-state index contributed by atoms with van der Waals surface area (Å²) in [5.41, 5.74) is 2.48. The molecule has 5 nitrogen and oxygen atoms in total. The molecule has 0 aliphatic carbocycles. The summed E-state index contributed by atoms with van der Waals surface area (Å²) < 4.78 is 5.26. The van der Waals surface area contributed by atoms with Gasteiger partial charge in [0.2, 0.25) is 11.8 Å². The predicted octanol–water partition coefficient (Wildman–Crippen LogP) is 3.11. The zero-order valence-corrected chi connectivity index (χ0v) is 15.4. The Bertz CT molecular complexity index is 737. The van der Waals surface area contributed by atoms with Crippen LogP contribution < -0.4 is 5.32 Å². The second kappa shape index (κ2) is 8.21. The molecule has 1 aromatic heterocycles. The smallest absolute Gasteiger partial charge is 0.225 e. The number of likely N-dealkylation sites (tertiary alicyclic amines) is 1. The Kier molecular flexibility index (Phi) is 5.76. The number of furan rings is 1. The highest BCUT2D eigenvalue weighted by atomic mass is 16.3. The SMILES string of the molecule is CCc1ccc(C2CC(C(=O)NCc3ccco3)CN(C(C)=O)C2)cc1. The van der Waals surface area contributed by atoms with Crippen molar-refractivity contribution in [3.63, 3.8) is 0 Å². The second-order valence-electron chi connectivity index (χ2n) is 6.95. The first-order valence-electron chi connectivity index (χ1n) is 9.21. The highest BCUT2D eigenvalue weighted by Gasteiger charge is 2.33. The molecule has 0 spiro atoms. The topological polar surface area (TPSA) is 62.6 Å². The van der Waals surface area contributed by atoms with Gasteiger partial charge >= 0.3 is 0 Å². The number of hydrogen-bond donors (Lipinski definition) is 1. The first kappa shape index (κ1) is 18.2. The third-order valence-corrected chi connectivity index (χ3v) is 5.14. The molecule has 5 heteroatoms. The summed E-state index contributed by atoms with van der Waals surface area (Å²) in [7, 11) is 0. The van der Waals surface area contributed by atoms with Gasteiger partial charge in [-0.1, -0.05) is 31.2 Å². The third kappa shape index (κ3) is 4.34. The van der Waals surface area contributed by atoms with Gasteiger partial charge in [0, 0.05) is 25.9 Å². The minimum absolute atomic E-state index is 0.0173. The normalized spacial score (nSPS) is 20.0. The van der Waals surface area contributed by atoms with Crippen LogP contribution >= 0.6 is 0 Å². The van der Waals surface area contributed by atoms with E-state index in [0.717, 1.165) is 18.6 Å². The van der Waals surface area contributed by atoms with Crippen molar-refractivity contribution in [3.05, 3.63) is 59.5 Å². The first-order chi connectivity index (χ1) is 12.6. The third-order valence-electron chi connectivity index (χ3n) is 5.14. The lowest BCUT2D eigenvalue weighted by molar-refractivity contribution is -0.134. The highest BCUT2D eigenvalue weighted by molar-refractivity contribution is 5.80. The highest BCUT2D eigenvalue weighted by Crippen LogP contribution is 2.31. The van der Waals surface area contributed by atoms with E-state index in [2.05, 4.69) is 36.5 Å². The van der Waals surface area contributed by atoms with Crippen molar-refractivity contribution in [1.29, 1.82) is 0 Å². The number of carbonyl (C=O) groups excluding carboxylic acids is 2. The van der Waals surface area contributed by atoms with Crippen molar-refractivity contribution in [3.8, 4) is 0 Å². The van der Waals surface area contributed by atoms with Crippen molar-refractivity contribution >= 4 is 11.8 Å². The van der Waals surface area contributed by atoms with Crippen molar-refractivity contribution in [1.82, 2.24) is 10.2 Å². The Morgan fingerprint density at radius 3 is 2.58 bits per heavy atom. The van der Waals surface area contributed by atoms with E-state index >= 15 is 0 Å². The summed E-state index contributed by atoms with van der Waals surface area (Å²) in [4.78, 5) is 26.4. The van der Waals surface area contributed by atoms with Crippen LogP contribution in [0, 0.1) is 5.92 Å². The van der Waals surface area contributed by atoms with Crippen LogP contribution in [0.1, 0.15) is 43.1 Å². The van der Waals surface area contributed by atoms with Gasteiger partial charge in [0.15, 0.2) is 0 Å². The van der Waals surface area contributed by atoms with Gasteiger partial charge in [-0.3, -0.25) is 9.59 Å². The molecule has 0 saturated carbocycles. The number of nitrogens with zero attached hydrogens (tertiary/aromatic N) is 1. The molecule has 1 saturated heterocycles. The molecule has 1 aliphatic rings. The Balaban J connectivity index is 1.70. The van der Waals surface area contributed by atoms with Gasteiger partial charge in [0.1, 0.15) is 5.76 Å². The summed E-state index contributed by atoms with van der Waals surface area (Å²) in [5, 5.41) is 2.93. The molecule has 0 radical (unpaired) electrons. The summed E-state index contributed by atoms with van der Waals surface area (Å²) in [5.74, 6) is 0.687. The van der Waals surface area contributed by atoms with Crippen molar-refractivity contribution in [2.75, 3.05) is 13.1 Å². The number of nitrogens with one attached hydrogen (secondary N) is 1. The van der Waals surface area contributed by atoms with Crippen LogP contribution in [-0.2, 0) is 22.6 Å². The average molecular weight is 354 g/mol. The largest absolute Gasteiger partial charge is 0.467 e. The lowest BCUT2D eigenvalue weighted by atomic mass is 9.83. The van der Waals surface area contributed by atoms with Crippen molar-refractivity contribution < 1.29 is 14.0 Å². The molecule has 2 heterocycles. The molecule has 1 aromatic carbocycles. The Morgan fingerprint density at radius 1 is 1.19 bits per heavy atom. The van der Waals surface area contributed by atoms with Crippen LogP contribution in [0.4, 0.5) is 0 Å². The van der Waals surface area contributed by atoms with E-state index in [1.807, 2.05) is 6.07 Å². The van der Waals surface area contributed by atoms with Gasteiger partial charge in [0.05, 0.1) is 18.7 Å². The number of hydrogen-bond acceptors (Lipinski definition) is 3. The van der Waals surface area contributed by atoms with E-state index in [4.69, 9.17) is 4.42 Å². The molecular formula is C21H26N2O3. The monoisotopic (exact) mass is 354 g/mol. The summed E-state index contributed by atoms with van der Waals surface area (Å²) >= 11 is 0. The molecule has 0 bridgehead atoms. The van der Waals surface area contributed by atoms with Crippen LogP contribution in [0.25, 0.3) is 0 Å².